The standard InChI is InChI=1S/C16H15NO3.CH3Br.CH4O.W/c1-20-13-3-5-14-11(8-13)10-17(6-7-18)16-9-12(19)2-4-15(14)16;2*1-2;/h2-5,8-10,18H,6-7H2,1H3;1H3;2H,1H3;/p+1. The summed E-state index contributed by atoms with van der Waals surface area (Å²) in [6.07, 6.45) is 1.97. The van der Waals surface area contributed by atoms with E-state index in [9.17, 15) is 10.2 Å². The van der Waals surface area contributed by atoms with Crippen molar-refractivity contribution in [2.75, 3.05) is 26.7 Å². The van der Waals surface area contributed by atoms with Gasteiger partial charge in [-0.3, -0.25) is 0 Å². The van der Waals surface area contributed by atoms with Crippen LogP contribution in [-0.2, 0) is 27.6 Å². The van der Waals surface area contributed by atoms with Crippen molar-refractivity contribution >= 4 is 37.6 Å². The molecule has 0 bridgehead atoms. The van der Waals surface area contributed by atoms with Gasteiger partial charge >= 0.3 is 0 Å². The van der Waals surface area contributed by atoms with Crippen molar-refractivity contribution in [3.63, 3.8) is 0 Å². The van der Waals surface area contributed by atoms with Crippen LogP contribution in [0.1, 0.15) is 0 Å². The number of nitrogens with zero attached hydrogens (tertiary/aromatic N) is 1. The molecule has 1 heterocycles. The van der Waals surface area contributed by atoms with Gasteiger partial charge in [0.05, 0.1) is 23.9 Å². The van der Waals surface area contributed by atoms with Crippen molar-refractivity contribution in [3.8, 4) is 11.5 Å². The Hall–Kier alpha value is -1.20. The summed E-state index contributed by atoms with van der Waals surface area (Å²) in [6, 6.07) is 11.2. The molecule has 0 saturated heterocycles. The number of hydrogen-bond acceptors (Lipinski definition) is 4. The number of pyridine rings is 1. The summed E-state index contributed by atoms with van der Waals surface area (Å²) in [6.45, 7) is 0.526. The van der Waals surface area contributed by atoms with E-state index in [4.69, 9.17) is 9.84 Å². The summed E-state index contributed by atoms with van der Waals surface area (Å²) < 4.78 is 7.20. The maximum Gasteiger partial charge on any atom is 0.216 e. The third-order valence-electron chi connectivity index (χ3n) is 3.48. The molecule has 0 amide bonds. The molecular formula is C18H23BrNO4W+. The van der Waals surface area contributed by atoms with Crippen LogP contribution in [0.25, 0.3) is 21.7 Å². The van der Waals surface area contributed by atoms with Crippen LogP contribution in [-0.4, -0.2) is 42.0 Å². The van der Waals surface area contributed by atoms with Gasteiger partial charge in [-0.1, -0.05) is 15.9 Å². The maximum atomic E-state index is 9.68. The molecule has 3 rings (SSSR count). The molecule has 136 valence electrons. The van der Waals surface area contributed by atoms with Crippen molar-refractivity contribution < 1.29 is 45.7 Å². The molecule has 2 aromatic carbocycles. The smallest absolute Gasteiger partial charge is 0.216 e. The Morgan fingerprint density at radius 1 is 1.04 bits per heavy atom. The number of aliphatic hydroxyl groups is 2. The molecule has 7 heteroatoms. The number of methoxy groups -OCH3 is 1. The number of phenols is 1. The van der Waals surface area contributed by atoms with Gasteiger partial charge in [0.15, 0.2) is 12.7 Å². The topological polar surface area (TPSA) is 73.8 Å². The summed E-state index contributed by atoms with van der Waals surface area (Å²) in [4.78, 5) is 0. The summed E-state index contributed by atoms with van der Waals surface area (Å²) in [5.41, 5.74) is 0.900. The Morgan fingerprint density at radius 2 is 1.68 bits per heavy atom. The van der Waals surface area contributed by atoms with Gasteiger partial charge in [-0.2, -0.15) is 4.57 Å². The Labute approximate surface area is 170 Å². The minimum absolute atomic E-state index is 0. The van der Waals surface area contributed by atoms with Crippen molar-refractivity contribution in [3.05, 3.63) is 42.6 Å². The van der Waals surface area contributed by atoms with Crippen molar-refractivity contribution in [1.29, 1.82) is 0 Å². The number of halogens is 1. The van der Waals surface area contributed by atoms with Gasteiger partial charge < -0.3 is 20.1 Å². The van der Waals surface area contributed by atoms with E-state index in [2.05, 4.69) is 15.9 Å². The Bertz CT molecular complexity index is 799. The number of benzene rings is 2. The van der Waals surface area contributed by atoms with E-state index in [1.54, 1.807) is 19.2 Å². The van der Waals surface area contributed by atoms with Gasteiger partial charge in [0.25, 0.3) is 0 Å². The quantitative estimate of drug-likeness (QED) is 0.253. The first-order chi connectivity index (χ1) is 11.7. The van der Waals surface area contributed by atoms with Crippen LogP contribution < -0.4 is 9.30 Å². The van der Waals surface area contributed by atoms with E-state index in [1.165, 1.54) is 0 Å². The number of alkyl halides is 1. The zero-order valence-corrected chi connectivity index (χ0v) is 19.0. The number of fused-ring (bicyclic) bond motifs is 3. The second kappa shape index (κ2) is 12.2. The molecule has 25 heavy (non-hydrogen) atoms. The number of hydrogen-bond donors (Lipinski definition) is 3. The van der Waals surface area contributed by atoms with Gasteiger partial charge in [0.1, 0.15) is 18.1 Å². The van der Waals surface area contributed by atoms with Crippen LogP contribution in [0.3, 0.4) is 0 Å². The molecule has 0 unspecified atom stereocenters. The molecule has 0 atom stereocenters. The summed E-state index contributed by atoms with van der Waals surface area (Å²) in [7, 11) is 2.64. The van der Waals surface area contributed by atoms with Crippen molar-refractivity contribution in [2.45, 2.75) is 6.54 Å². The normalized spacial score (nSPS) is 9.36. The van der Waals surface area contributed by atoms with Gasteiger partial charge in [-0.25, -0.2) is 0 Å². The van der Waals surface area contributed by atoms with E-state index in [0.29, 0.717) is 6.54 Å². The van der Waals surface area contributed by atoms with Crippen LogP contribution in [0.2, 0.25) is 0 Å². The average Bonchev–Trinajstić information content (AvgIpc) is 2.65. The molecule has 0 fully saturated rings. The summed E-state index contributed by atoms with van der Waals surface area (Å²) >= 11 is 2.94. The average molecular weight is 581 g/mol. The van der Waals surface area contributed by atoms with Crippen molar-refractivity contribution in [1.82, 2.24) is 0 Å². The molecule has 3 aromatic rings. The Morgan fingerprint density at radius 3 is 2.28 bits per heavy atom. The Balaban J connectivity index is 0.00000108. The SMILES string of the molecule is CBr.CO.COc1ccc2c(c1)c[n+](CCO)c1cc(O)ccc21.[W]. The number of phenolic OH excluding ortho intramolecular Hbond substituents is 1. The number of aromatic nitrogens is 1. The second-order valence-corrected chi connectivity index (χ2v) is 4.70. The monoisotopic (exact) mass is 580 g/mol. The number of rotatable bonds is 3. The number of aliphatic hydroxyl groups excluding tert-OH is 2. The molecule has 1 aromatic heterocycles. The van der Waals surface area contributed by atoms with Crippen LogP contribution in [0, 0.1) is 0 Å². The first-order valence-corrected chi connectivity index (χ1v) is 8.88. The summed E-state index contributed by atoms with van der Waals surface area (Å²) in [5, 5.41) is 29.1. The minimum atomic E-state index is 0. The van der Waals surface area contributed by atoms with Gasteiger partial charge in [-0.05, 0) is 36.2 Å². The zero-order valence-electron chi connectivity index (χ0n) is 14.4. The minimum Gasteiger partial charge on any atom is -0.508 e. The zero-order chi connectivity index (χ0) is 18.1. The van der Waals surface area contributed by atoms with E-state index in [0.717, 1.165) is 34.5 Å². The number of ether oxygens (including phenoxy) is 1. The van der Waals surface area contributed by atoms with E-state index >= 15 is 0 Å². The molecule has 0 saturated carbocycles. The molecule has 0 radical (unpaired) electrons. The summed E-state index contributed by atoms with van der Waals surface area (Å²) in [5.74, 6) is 2.83. The largest absolute Gasteiger partial charge is 0.508 e. The Kier molecular flexibility index (Phi) is 11.6. The third kappa shape index (κ3) is 5.64. The first-order valence-electron chi connectivity index (χ1n) is 7.29. The molecule has 5 nitrogen and oxygen atoms in total. The van der Waals surface area contributed by atoms with E-state index < -0.39 is 0 Å². The maximum absolute atomic E-state index is 9.68. The van der Waals surface area contributed by atoms with Crippen molar-refractivity contribution in [2.24, 2.45) is 0 Å². The fraction of sp³-hybridized carbons (Fsp3) is 0.278. The van der Waals surface area contributed by atoms with Crippen LogP contribution in [0.15, 0.2) is 42.6 Å². The number of aromatic hydroxyl groups is 1. The molecule has 0 aliphatic rings. The fourth-order valence-electron chi connectivity index (χ4n) is 2.54. The van der Waals surface area contributed by atoms with Crippen LogP contribution in [0.4, 0.5) is 0 Å². The first kappa shape index (κ1) is 23.8. The van der Waals surface area contributed by atoms with Gasteiger partial charge in [0, 0.05) is 33.6 Å². The van der Waals surface area contributed by atoms with Gasteiger partial charge in [-0.15, -0.1) is 0 Å². The van der Waals surface area contributed by atoms with E-state index in [1.807, 2.05) is 40.9 Å². The predicted molar refractivity (Wildman–Crippen MR) is 99.9 cm³/mol. The third-order valence-corrected chi connectivity index (χ3v) is 3.48. The molecule has 0 aliphatic heterocycles. The molecule has 0 aliphatic carbocycles. The van der Waals surface area contributed by atoms with Crippen LogP contribution >= 0.6 is 15.9 Å². The van der Waals surface area contributed by atoms with E-state index in [-0.39, 0.29) is 33.4 Å². The fourth-order valence-corrected chi connectivity index (χ4v) is 2.54. The molecular weight excluding hydrogens is 558 g/mol. The predicted octanol–water partition coefficient (Wildman–Crippen LogP) is 2.60. The second-order valence-electron chi connectivity index (χ2n) is 4.70. The van der Waals surface area contributed by atoms with Crippen LogP contribution in [0.5, 0.6) is 11.5 Å². The molecule has 0 spiro atoms. The van der Waals surface area contributed by atoms with Gasteiger partial charge in [0.2, 0.25) is 5.52 Å². The molecule has 3 N–H and O–H groups in total.